The highest BCUT2D eigenvalue weighted by Crippen LogP contribution is 2.22. The standard InChI is InChI=1S/C18H23N3O4/c22-16-9-11-21(18(24)20-16)15-7-2-1-6-14(15)17(23)19-10-8-13-5-3-4-12-25-13/h1-2,6-7,13H,3-5,8-12H2,(H,19,23)(H,20,22,24)/t13-/m0/s1. The first-order valence-corrected chi connectivity index (χ1v) is 8.75. The van der Waals surface area contributed by atoms with Gasteiger partial charge in [0.15, 0.2) is 0 Å². The molecular formula is C18H23N3O4. The number of ether oxygens (including phenoxy) is 1. The molecule has 3 rings (SSSR count). The van der Waals surface area contributed by atoms with Crippen LogP contribution in [0.5, 0.6) is 0 Å². The van der Waals surface area contributed by atoms with Crippen LogP contribution in [-0.2, 0) is 9.53 Å². The molecule has 7 heteroatoms. The maximum absolute atomic E-state index is 12.5. The number of amides is 4. The summed E-state index contributed by atoms with van der Waals surface area (Å²) >= 11 is 0. The molecule has 2 fully saturated rings. The number of carbonyl (C=O) groups is 3. The van der Waals surface area contributed by atoms with E-state index in [0.717, 1.165) is 25.9 Å². The van der Waals surface area contributed by atoms with Gasteiger partial charge in [-0.1, -0.05) is 12.1 Å². The summed E-state index contributed by atoms with van der Waals surface area (Å²) in [6.07, 6.45) is 4.53. The fourth-order valence-corrected chi connectivity index (χ4v) is 3.17. The number of benzene rings is 1. The smallest absolute Gasteiger partial charge is 0.328 e. The SMILES string of the molecule is O=C1CCN(c2ccccc2C(=O)NCC[C@@H]2CCCCO2)C(=O)N1. The topological polar surface area (TPSA) is 87.7 Å². The molecule has 0 unspecified atom stereocenters. The van der Waals surface area contributed by atoms with E-state index in [4.69, 9.17) is 4.74 Å². The van der Waals surface area contributed by atoms with Gasteiger partial charge in [-0.05, 0) is 37.8 Å². The van der Waals surface area contributed by atoms with E-state index in [2.05, 4.69) is 10.6 Å². The lowest BCUT2D eigenvalue weighted by Gasteiger charge is -2.28. The van der Waals surface area contributed by atoms with Crippen molar-refractivity contribution in [2.45, 2.75) is 38.2 Å². The summed E-state index contributed by atoms with van der Waals surface area (Å²) in [6, 6.07) is 6.44. The lowest BCUT2D eigenvalue weighted by molar-refractivity contribution is -0.120. The summed E-state index contributed by atoms with van der Waals surface area (Å²) in [6.45, 7) is 1.59. The van der Waals surface area contributed by atoms with Gasteiger partial charge in [-0.3, -0.25) is 19.8 Å². The van der Waals surface area contributed by atoms with E-state index < -0.39 is 6.03 Å². The van der Waals surface area contributed by atoms with Crippen LogP contribution in [0.2, 0.25) is 0 Å². The molecule has 0 saturated carbocycles. The maximum Gasteiger partial charge on any atom is 0.328 e. The number of para-hydroxylation sites is 1. The van der Waals surface area contributed by atoms with Gasteiger partial charge >= 0.3 is 6.03 Å². The summed E-state index contributed by atoms with van der Waals surface area (Å²) < 4.78 is 5.66. The first-order chi connectivity index (χ1) is 12.1. The molecule has 0 bridgehead atoms. The Morgan fingerprint density at radius 2 is 2.12 bits per heavy atom. The third kappa shape index (κ3) is 4.36. The fraction of sp³-hybridized carbons (Fsp3) is 0.500. The van der Waals surface area contributed by atoms with Crippen LogP contribution < -0.4 is 15.5 Å². The Morgan fingerprint density at radius 3 is 2.88 bits per heavy atom. The quantitative estimate of drug-likeness (QED) is 0.852. The van der Waals surface area contributed by atoms with Gasteiger partial charge in [0, 0.05) is 26.1 Å². The molecule has 2 aliphatic heterocycles. The second kappa shape index (κ2) is 8.11. The predicted molar refractivity (Wildman–Crippen MR) is 92.5 cm³/mol. The van der Waals surface area contributed by atoms with E-state index >= 15 is 0 Å². The van der Waals surface area contributed by atoms with Crippen LogP contribution in [0.25, 0.3) is 0 Å². The monoisotopic (exact) mass is 345 g/mol. The van der Waals surface area contributed by atoms with Crippen LogP contribution >= 0.6 is 0 Å². The normalized spacial score (nSPS) is 21.0. The van der Waals surface area contributed by atoms with Crippen molar-refractivity contribution in [2.24, 2.45) is 0 Å². The van der Waals surface area contributed by atoms with Crippen LogP contribution in [0.4, 0.5) is 10.5 Å². The third-order valence-electron chi connectivity index (χ3n) is 4.52. The van der Waals surface area contributed by atoms with Gasteiger partial charge < -0.3 is 10.1 Å². The van der Waals surface area contributed by atoms with Crippen LogP contribution in [0.1, 0.15) is 42.5 Å². The average molecular weight is 345 g/mol. The Morgan fingerprint density at radius 1 is 1.28 bits per heavy atom. The molecule has 25 heavy (non-hydrogen) atoms. The number of imide groups is 1. The van der Waals surface area contributed by atoms with E-state index in [-0.39, 0.29) is 30.9 Å². The zero-order chi connectivity index (χ0) is 17.6. The molecular weight excluding hydrogens is 322 g/mol. The highest BCUT2D eigenvalue weighted by Gasteiger charge is 2.27. The molecule has 1 aromatic rings. The van der Waals surface area contributed by atoms with Gasteiger partial charge in [-0.25, -0.2) is 4.79 Å². The van der Waals surface area contributed by atoms with Gasteiger partial charge in [0.2, 0.25) is 5.91 Å². The number of nitrogens with one attached hydrogen (secondary N) is 2. The molecule has 1 aromatic carbocycles. The summed E-state index contributed by atoms with van der Waals surface area (Å²) in [4.78, 5) is 37.3. The largest absolute Gasteiger partial charge is 0.378 e. The predicted octanol–water partition coefficient (Wildman–Crippen LogP) is 1.82. The van der Waals surface area contributed by atoms with E-state index in [9.17, 15) is 14.4 Å². The van der Waals surface area contributed by atoms with E-state index in [1.165, 1.54) is 11.3 Å². The summed E-state index contributed by atoms with van der Waals surface area (Å²) in [5, 5.41) is 5.19. The van der Waals surface area contributed by atoms with Crippen molar-refractivity contribution in [3.8, 4) is 0 Å². The molecule has 0 aromatic heterocycles. The zero-order valence-corrected chi connectivity index (χ0v) is 14.1. The molecule has 0 aliphatic carbocycles. The van der Waals surface area contributed by atoms with Gasteiger partial charge in [-0.2, -0.15) is 0 Å². The lowest BCUT2D eigenvalue weighted by Crippen LogP contribution is -2.50. The van der Waals surface area contributed by atoms with E-state index in [1.54, 1.807) is 24.3 Å². The number of rotatable bonds is 5. The van der Waals surface area contributed by atoms with Crippen LogP contribution in [0.3, 0.4) is 0 Å². The Bertz CT molecular complexity index is 655. The number of anilines is 1. The molecule has 4 amide bonds. The number of carbonyl (C=O) groups excluding carboxylic acids is 3. The third-order valence-corrected chi connectivity index (χ3v) is 4.52. The Balaban J connectivity index is 1.62. The van der Waals surface area contributed by atoms with E-state index in [0.29, 0.717) is 17.8 Å². The van der Waals surface area contributed by atoms with Crippen molar-refractivity contribution >= 4 is 23.5 Å². The summed E-state index contributed by atoms with van der Waals surface area (Å²) in [5.74, 6) is -0.522. The van der Waals surface area contributed by atoms with Crippen molar-refractivity contribution in [3.63, 3.8) is 0 Å². The summed E-state index contributed by atoms with van der Waals surface area (Å²) in [5.41, 5.74) is 0.940. The molecule has 7 nitrogen and oxygen atoms in total. The summed E-state index contributed by atoms with van der Waals surface area (Å²) in [7, 11) is 0. The minimum atomic E-state index is -0.493. The molecule has 1 atom stereocenters. The first kappa shape index (κ1) is 17.4. The van der Waals surface area contributed by atoms with E-state index in [1.807, 2.05) is 0 Å². The number of urea groups is 1. The molecule has 2 heterocycles. The minimum Gasteiger partial charge on any atom is -0.378 e. The number of nitrogens with zero attached hydrogens (tertiary/aromatic N) is 1. The number of hydrogen-bond acceptors (Lipinski definition) is 4. The van der Waals surface area contributed by atoms with Gasteiger partial charge in [-0.15, -0.1) is 0 Å². The average Bonchev–Trinajstić information content (AvgIpc) is 2.63. The van der Waals surface area contributed by atoms with Gasteiger partial charge in [0.05, 0.1) is 17.4 Å². The van der Waals surface area contributed by atoms with Crippen molar-refractivity contribution < 1.29 is 19.1 Å². The molecule has 2 N–H and O–H groups in total. The molecule has 2 saturated heterocycles. The van der Waals surface area contributed by atoms with Crippen LogP contribution in [0, 0.1) is 0 Å². The number of hydrogen-bond donors (Lipinski definition) is 2. The maximum atomic E-state index is 12.5. The molecule has 2 aliphatic rings. The molecule has 134 valence electrons. The second-order valence-corrected chi connectivity index (χ2v) is 6.31. The van der Waals surface area contributed by atoms with Crippen molar-refractivity contribution in [2.75, 3.05) is 24.6 Å². The second-order valence-electron chi connectivity index (χ2n) is 6.31. The Hall–Kier alpha value is -2.41. The Labute approximate surface area is 146 Å². The van der Waals surface area contributed by atoms with Gasteiger partial charge in [0.1, 0.15) is 0 Å². The lowest BCUT2D eigenvalue weighted by atomic mass is 10.1. The zero-order valence-electron chi connectivity index (χ0n) is 14.1. The highest BCUT2D eigenvalue weighted by atomic mass is 16.5. The highest BCUT2D eigenvalue weighted by molar-refractivity contribution is 6.09. The van der Waals surface area contributed by atoms with Crippen LogP contribution in [0.15, 0.2) is 24.3 Å². The van der Waals surface area contributed by atoms with Gasteiger partial charge in [0.25, 0.3) is 5.91 Å². The fourth-order valence-electron chi connectivity index (χ4n) is 3.17. The Kier molecular flexibility index (Phi) is 5.65. The van der Waals surface area contributed by atoms with Crippen molar-refractivity contribution in [1.29, 1.82) is 0 Å². The van der Waals surface area contributed by atoms with Crippen molar-refractivity contribution in [3.05, 3.63) is 29.8 Å². The first-order valence-electron chi connectivity index (χ1n) is 8.75. The molecule has 0 spiro atoms. The minimum absolute atomic E-state index is 0.211. The molecule has 0 radical (unpaired) electrons. The van der Waals surface area contributed by atoms with Crippen LogP contribution in [-0.4, -0.2) is 43.6 Å². The van der Waals surface area contributed by atoms with Crippen molar-refractivity contribution in [1.82, 2.24) is 10.6 Å².